The number of carbonyl (C=O) groups excluding carboxylic acids is 2. The van der Waals surface area contributed by atoms with Crippen molar-refractivity contribution in [2.75, 3.05) is 27.0 Å². The third-order valence-electron chi connectivity index (χ3n) is 5.28. The maximum atomic E-state index is 13.1. The Hall–Kier alpha value is -3.07. The van der Waals surface area contributed by atoms with E-state index in [9.17, 15) is 14.4 Å². The molecule has 2 N–H and O–H groups in total. The molecule has 0 aliphatic carbocycles. The summed E-state index contributed by atoms with van der Waals surface area (Å²) in [5.41, 5.74) is 0.167. The second kappa shape index (κ2) is 9.38. The topological polar surface area (TPSA) is 110 Å². The average molecular weight is 431 g/mol. The van der Waals surface area contributed by atoms with Gasteiger partial charge in [-0.2, -0.15) is 0 Å². The number of hydrogen-bond donors (Lipinski definition) is 2. The second-order valence-corrected chi connectivity index (χ2v) is 8.02. The highest BCUT2D eigenvalue weighted by Gasteiger charge is 2.27. The Morgan fingerprint density at radius 2 is 1.94 bits per heavy atom. The monoisotopic (exact) mass is 431 g/mol. The van der Waals surface area contributed by atoms with E-state index in [1.807, 2.05) is 20.8 Å². The van der Waals surface area contributed by atoms with E-state index in [4.69, 9.17) is 14.6 Å². The third kappa shape index (κ3) is 4.66. The molecule has 0 radical (unpaired) electrons. The van der Waals surface area contributed by atoms with E-state index in [2.05, 4.69) is 5.32 Å². The van der Waals surface area contributed by atoms with Crippen molar-refractivity contribution in [3.63, 3.8) is 0 Å². The van der Waals surface area contributed by atoms with Crippen LogP contribution in [0.2, 0.25) is 0 Å². The number of likely N-dealkylation sites (N-methyl/N-ethyl adjacent to an activating group) is 1. The molecular weight excluding hydrogens is 402 g/mol. The van der Waals surface area contributed by atoms with Crippen molar-refractivity contribution in [1.29, 1.82) is 0 Å². The van der Waals surface area contributed by atoms with Gasteiger partial charge in [0.05, 0.1) is 17.5 Å². The lowest BCUT2D eigenvalue weighted by Crippen LogP contribution is -2.49. The molecule has 1 aliphatic heterocycles. The summed E-state index contributed by atoms with van der Waals surface area (Å²) in [6.45, 7) is 6.40. The molecule has 3 rings (SSSR count). The van der Waals surface area contributed by atoms with Crippen molar-refractivity contribution in [3.05, 3.63) is 34.1 Å². The molecule has 31 heavy (non-hydrogen) atoms. The van der Waals surface area contributed by atoms with E-state index in [1.165, 1.54) is 11.1 Å². The molecule has 2 heterocycles. The molecule has 1 unspecified atom stereocenters. The number of benzene rings is 1. The number of nitrogens with one attached hydrogen (secondary N) is 1. The van der Waals surface area contributed by atoms with E-state index >= 15 is 0 Å². The van der Waals surface area contributed by atoms with Crippen molar-refractivity contribution in [1.82, 2.24) is 14.8 Å². The van der Waals surface area contributed by atoms with Gasteiger partial charge in [0.2, 0.25) is 18.1 Å². The fourth-order valence-electron chi connectivity index (χ4n) is 3.66. The zero-order chi connectivity index (χ0) is 22.7. The quantitative estimate of drug-likeness (QED) is 0.653. The molecule has 168 valence electrons. The van der Waals surface area contributed by atoms with E-state index in [-0.39, 0.29) is 37.3 Å². The van der Waals surface area contributed by atoms with Crippen LogP contribution in [0.15, 0.2) is 23.1 Å². The van der Waals surface area contributed by atoms with Crippen molar-refractivity contribution < 1.29 is 24.2 Å². The lowest BCUT2D eigenvalue weighted by atomic mass is 10.0. The van der Waals surface area contributed by atoms with Gasteiger partial charge in [0.15, 0.2) is 11.5 Å². The average Bonchev–Trinajstić information content (AvgIpc) is 3.19. The first-order valence-electron chi connectivity index (χ1n) is 10.4. The first-order valence-corrected chi connectivity index (χ1v) is 10.4. The number of fused-ring (bicyclic) bond motifs is 2. The fraction of sp³-hybridized carbons (Fsp3) is 0.500. The van der Waals surface area contributed by atoms with Gasteiger partial charge in [-0.25, -0.2) is 0 Å². The Balaban J connectivity index is 1.98. The zero-order valence-electron chi connectivity index (χ0n) is 18.3. The predicted molar refractivity (Wildman–Crippen MR) is 115 cm³/mol. The molecule has 1 aromatic heterocycles. The van der Waals surface area contributed by atoms with Crippen LogP contribution in [0.5, 0.6) is 11.5 Å². The highest BCUT2D eigenvalue weighted by atomic mass is 16.7. The van der Waals surface area contributed by atoms with Crippen LogP contribution in [0.1, 0.15) is 37.6 Å². The molecule has 9 heteroatoms. The van der Waals surface area contributed by atoms with E-state index in [1.54, 1.807) is 23.7 Å². The summed E-state index contributed by atoms with van der Waals surface area (Å²) >= 11 is 0. The van der Waals surface area contributed by atoms with Crippen LogP contribution in [-0.2, 0) is 11.3 Å². The number of aliphatic hydroxyl groups excluding tert-OH is 1. The zero-order valence-corrected chi connectivity index (χ0v) is 18.3. The summed E-state index contributed by atoms with van der Waals surface area (Å²) in [6, 6.07) is 2.53. The number of aromatic nitrogens is 1. The number of aryl methyl sites for hydroxylation is 1. The van der Waals surface area contributed by atoms with Gasteiger partial charge < -0.3 is 29.4 Å². The molecule has 0 bridgehead atoms. The number of rotatable bonds is 8. The molecule has 9 nitrogen and oxygen atoms in total. The molecule has 2 amide bonds. The fourth-order valence-corrected chi connectivity index (χ4v) is 3.66. The minimum Gasteiger partial charge on any atom is -0.454 e. The summed E-state index contributed by atoms with van der Waals surface area (Å²) < 4.78 is 12.6. The summed E-state index contributed by atoms with van der Waals surface area (Å²) in [6.07, 6.45) is 1.92. The Kier molecular flexibility index (Phi) is 6.84. The SMILES string of the molecule is CCn1cc(C(=O)NC(CC(C)C)C(=O)N(C)CCO)c(=O)c2cc3c(cc21)OCO3. The molecule has 1 aliphatic rings. The van der Waals surface area contributed by atoms with Gasteiger partial charge in [0, 0.05) is 32.4 Å². The van der Waals surface area contributed by atoms with Gasteiger partial charge >= 0.3 is 0 Å². The Bertz CT molecular complexity index is 1050. The smallest absolute Gasteiger partial charge is 0.257 e. The normalized spacial score (nSPS) is 13.5. The van der Waals surface area contributed by atoms with Crippen LogP contribution in [0, 0.1) is 5.92 Å². The molecule has 0 fully saturated rings. The van der Waals surface area contributed by atoms with Crippen molar-refractivity contribution >= 4 is 22.7 Å². The second-order valence-electron chi connectivity index (χ2n) is 8.02. The van der Waals surface area contributed by atoms with Crippen LogP contribution in [0.25, 0.3) is 10.9 Å². The van der Waals surface area contributed by atoms with E-state index < -0.39 is 17.4 Å². The largest absolute Gasteiger partial charge is 0.454 e. The lowest BCUT2D eigenvalue weighted by Gasteiger charge is -2.25. The minimum atomic E-state index is -0.800. The number of pyridine rings is 1. The van der Waals surface area contributed by atoms with Gasteiger partial charge in [-0.1, -0.05) is 13.8 Å². The number of carbonyl (C=O) groups is 2. The van der Waals surface area contributed by atoms with Crippen molar-refractivity contribution in [3.8, 4) is 11.5 Å². The maximum absolute atomic E-state index is 13.1. The first kappa shape index (κ1) is 22.6. The molecule has 1 atom stereocenters. The summed E-state index contributed by atoms with van der Waals surface area (Å²) in [4.78, 5) is 40.4. The molecule has 1 aromatic carbocycles. The highest BCUT2D eigenvalue weighted by molar-refractivity contribution is 6.00. The summed E-state index contributed by atoms with van der Waals surface area (Å²) in [5, 5.41) is 12.2. The molecule has 0 saturated carbocycles. The van der Waals surface area contributed by atoms with Crippen LogP contribution < -0.4 is 20.2 Å². The molecule has 0 saturated heterocycles. The van der Waals surface area contributed by atoms with Crippen LogP contribution in [0.4, 0.5) is 0 Å². The Labute approximate surface area is 180 Å². The minimum absolute atomic E-state index is 0.0421. The molecule has 0 spiro atoms. The van der Waals surface area contributed by atoms with Gasteiger partial charge in [-0.15, -0.1) is 0 Å². The molecular formula is C22H29N3O6. The van der Waals surface area contributed by atoms with Crippen molar-refractivity contribution in [2.24, 2.45) is 5.92 Å². The Morgan fingerprint density at radius 1 is 1.26 bits per heavy atom. The number of ether oxygens (including phenoxy) is 2. The van der Waals surface area contributed by atoms with E-state index in [0.29, 0.717) is 35.4 Å². The van der Waals surface area contributed by atoms with Crippen molar-refractivity contribution in [2.45, 2.75) is 39.8 Å². The first-order chi connectivity index (χ1) is 14.8. The highest BCUT2D eigenvalue weighted by Crippen LogP contribution is 2.35. The van der Waals surface area contributed by atoms with Crippen LogP contribution in [-0.4, -0.2) is 59.4 Å². The number of nitrogens with zero attached hydrogens (tertiary/aromatic N) is 2. The number of amides is 2. The number of hydrogen-bond acceptors (Lipinski definition) is 6. The molecule has 2 aromatic rings. The van der Waals surface area contributed by atoms with Gasteiger partial charge in [0.1, 0.15) is 11.6 Å². The van der Waals surface area contributed by atoms with Crippen LogP contribution in [0.3, 0.4) is 0 Å². The predicted octanol–water partition coefficient (Wildman–Crippen LogP) is 1.35. The van der Waals surface area contributed by atoms with Gasteiger partial charge in [0.25, 0.3) is 5.91 Å². The third-order valence-corrected chi connectivity index (χ3v) is 5.28. The van der Waals surface area contributed by atoms with Crippen LogP contribution >= 0.6 is 0 Å². The van der Waals surface area contributed by atoms with E-state index in [0.717, 1.165) is 0 Å². The standard InChI is InChI=1S/C22H29N3O6/c1-5-25-11-15(20(27)14-9-18-19(10-17(14)25)31-12-30-18)21(28)23-16(8-13(2)3)22(29)24(4)6-7-26/h9-11,13,16,26H,5-8,12H2,1-4H3,(H,23,28). The summed E-state index contributed by atoms with van der Waals surface area (Å²) in [5.74, 6) is 0.240. The summed E-state index contributed by atoms with van der Waals surface area (Å²) in [7, 11) is 1.57. The van der Waals surface area contributed by atoms with Gasteiger partial charge in [-0.05, 0) is 25.3 Å². The Morgan fingerprint density at radius 3 is 2.55 bits per heavy atom. The maximum Gasteiger partial charge on any atom is 0.257 e. The number of aliphatic hydroxyl groups is 1. The lowest BCUT2D eigenvalue weighted by molar-refractivity contribution is -0.132. The van der Waals surface area contributed by atoms with Gasteiger partial charge in [-0.3, -0.25) is 14.4 Å².